The number of phenolic OH excluding ortho intramolecular Hbond substituents is 1. The lowest BCUT2D eigenvalue weighted by atomic mass is 9.57. The standard InChI is InChI=1S/C26H19F2NO8/c27-10-4-9(5-11(28)7-10)6-13-12-2-1-3-15(30)17(12)22(33)20-18(13)21(32)14-8-16(31)19(25(29)36)23(34)26(14,37)24(20)35/h1-7,14,18,21,30-32,35,37H,8H2,(H2,29,36)/b13-6+/t14-,18-,21-,26-/m1/s1. The molecule has 9 nitrogen and oxygen atoms in total. The molecule has 3 aliphatic carbocycles. The third-order valence-electron chi connectivity index (χ3n) is 7.11. The van der Waals surface area contributed by atoms with Crippen molar-refractivity contribution in [3.05, 3.63) is 87.4 Å². The van der Waals surface area contributed by atoms with Crippen LogP contribution in [0.25, 0.3) is 11.6 Å². The van der Waals surface area contributed by atoms with Gasteiger partial charge in [-0.1, -0.05) is 18.2 Å². The maximum absolute atomic E-state index is 13.9. The fourth-order valence-electron chi connectivity index (χ4n) is 5.52. The van der Waals surface area contributed by atoms with Crippen LogP contribution < -0.4 is 5.73 Å². The van der Waals surface area contributed by atoms with Crippen molar-refractivity contribution >= 4 is 29.1 Å². The van der Waals surface area contributed by atoms with Crippen LogP contribution in [-0.2, 0) is 9.59 Å². The highest BCUT2D eigenvalue weighted by atomic mass is 19.1. The average Bonchev–Trinajstić information content (AvgIpc) is 2.80. The highest BCUT2D eigenvalue weighted by Gasteiger charge is 2.63. The van der Waals surface area contributed by atoms with Crippen LogP contribution in [0.2, 0.25) is 0 Å². The largest absolute Gasteiger partial charge is 0.511 e. The second kappa shape index (κ2) is 8.08. The van der Waals surface area contributed by atoms with Crippen molar-refractivity contribution in [1.82, 2.24) is 0 Å². The van der Waals surface area contributed by atoms with Crippen LogP contribution >= 0.6 is 0 Å². The number of carbonyl (C=O) groups is 3. The van der Waals surface area contributed by atoms with Crippen molar-refractivity contribution in [3.63, 3.8) is 0 Å². The number of aliphatic hydroxyl groups is 4. The van der Waals surface area contributed by atoms with Gasteiger partial charge in [0.15, 0.2) is 11.4 Å². The fourth-order valence-corrected chi connectivity index (χ4v) is 5.52. The summed E-state index contributed by atoms with van der Waals surface area (Å²) in [7, 11) is 0. The smallest absolute Gasteiger partial charge is 0.255 e. The summed E-state index contributed by atoms with van der Waals surface area (Å²) < 4.78 is 27.9. The van der Waals surface area contributed by atoms with Gasteiger partial charge in [0.25, 0.3) is 5.91 Å². The van der Waals surface area contributed by atoms with Gasteiger partial charge in [-0.25, -0.2) is 8.78 Å². The van der Waals surface area contributed by atoms with E-state index in [1.165, 1.54) is 24.3 Å². The number of allylic oxidation sites excluding steroid dienone is 1. The predicted molar refractivity (Wildman–Crippen MR) is 123 cm³/mol. The molecule has 190 valence electrons. The topological polar surface area (TPSA) is 178 Å². The summed E-state index contributed by atoms with van der Waals surface area (Å²) in [6.45, 7) is 0. The summed E-state index contributed by atoms with van der Waals surface area (Å²) in [5, 5.41) is 54.7. The highest BCUT2D eigenvalue weighted by Crippen LogP contribution is 2.55. The Morgan fingerprint density at radius 2 is 1.73 bits per heavy atom. The molecular formula is C26H19F2NO8. The van der Waals surface area contributed by atoms with E-state index in [2.05, 4.69) is 0 Å². The molecule has 0 aromatic heterocycles. The Labute approximate surface area is 207 Å². The number of hydrogen-bond donors (Lipinski definition) is 6. The van der Waals surface area contributed by atoms with E-state index in [9.17, 15) is 48.7 Å². The summed E-state index contributed by atoms with van der Waals surface area (Å²) in [6.07, 6.45) is -1.27. The molecule has 0 saturated heterocycles. The molecule has 1 amide bonds. The lowest BCUT2D eigenvalue weighted by molar-refractivity contribution is -0.152. The van der Waals surface area contributed by atoms with Gasteiger partial charge in [-0.2, -0.15) is 0 Å². The number of fused-ring (bicyclic) bond motifs is 3. The zero-order valence-electron chi connectivity index (χ0n) is 18.8. The minimum absolute atomic E-state index is 0.0264. The number of aliphatic hydroxyl groups excluding tert-OH is 3. The number of phenols is 1. The highest BCUT2D eigenvalue weighted by molar-refractivity contribution is 6.25. The molecule has 0 fully saturated rings. The maximum Gasteiger partial charge on any atom is 0.255 e. The molecule has 0 heterocycles. The number of rotatable bonds is 2. The molecule has 3 aliphatic rings. The number of ketones is 2. The molecule has 0 spiro atoms. The Balaban J connectivity index is 1.83. The molecular weight excluding hydrogens is 492 g/mol. The summed E-state index contributed by atoms with van der Waals surface area (Å²) in [5.74, 6) is -11.4. The summed E-state index contributed by atoms with van der Waals surface area (Å²) in [5.41, 5.74) is 0.225. The number of Topliss-reactive ketones (excluding diaryl/α,β-unsaturated/α-hetero) is 2. The molecule has 37 heavy (non-hydrogen) atoms. The van der Waals surface area contributed by atoms with Crippen LogP contribution in [0.15, 0.2) is 59.1 Å². The molecule has 2 aromatic rings. The summed E-state index contributed by atoms with van der Waals surface area (Å²) >= 11 is 0. The van der Waals surface area contributed by atoms with E-state index in [0.717, 1.165) is 12.1 Å². The molecule has 0 unspecified atom stereocenters. The van der Waals surface area contributed by atoms with Gasteiger partial charge in [0.2, 0.25) is 5.78 Å². The first-order valence-electron chi connectivity index (χ1n) is 11.0. The minimum Gasteiger partial charge on any atom is -0.511 e. The zero-order valence-corrected chi connectivity index (χ0v) is 18.8. The normalized spacial score (nSPS) is 28.2. The number of nitrogens with two attached hydrogens (primary N) is 1. The van der Waals surface area contributed by atoms with Gasteiger partial charge in [0.1, 0.15) is 34.5 Å². The molecule has 4 atom stereocenters. The Morgan fingerprint density at radius 1 is 1.08 bits per heavy atom. The first-order chi connectivity index (χ1) is 17.4. The Hall–Kier alpha value is -4.35. The lowest BCUT2D eigenvalue weighted by Gasteiger charge is -2.49. The molecule has 2 aromatic carbocycles. The Kier molecular flexibility index (Phi) is 5.32. The van der Waals surface area contributed by atoms with Gasteiger partial charge in [-0.05, 0) is 34.9 Å². The molecule has 5 rings (SSSR count). The van der Waals surface area contributed by atoms with Crippen LogP contribution in [0.1, 0.15) is 27.9 Å². The van der Waals surface area contributed by atoms with Crippen molar-refractivity contribution in [1.29, 1.82) is 0 Å². The number of carbonyl (C=O) groups excluding carboxylic acids is 3. The number of aromatic hydroxyl groups is 1. The molecule has 0 bridgehead atoms. The first kappa shape index (κ1) is 24.3. The number of primary amides is 1. The van der Waals surface area contributed by atoms with Crippen molar-refractivity contribution in [3.8, 4) is 5.75 Å². The second-order valence-corrected chi connectivity index (χ2v) is 9.15. The average molecular weight is 511 g/mol. The maximum atomic E-state index is 13.9. The Morgan fingerprint density at radius 3 is 2.35 bits per heavy atom. The van der Waals surface area contributed by atoms with Crippen LogP contribution in [0.3, 0.4) is 0 Å². The zero-order chi connectivity index (χ0) is 27.0. The van der Waals surface area contributed by atoms with E-state index in [1.54, 1.807) is 0 Å². The molecule has 0 radical (unpaired) electrons. The van der Waals surface area contributed by atoms with Gasteiger partial charge in [-0.15, -0.1) is 0 Å². The number of amides is 1. The predicted octanol–water partition coefficient (Wildman–Crippen LogP) is 1.83. The third kappa shape index (κ3) is 3.31. The van der Waals surface area contributed by atoms with E-state index in [0.29, 0.717) is 6.07 Å². The number of halogens is 2. The molecule has 0 saturated carbocycles. The van der Waals surface area contributed by atoms with Crippen molar-refractivity contribution in [2.45, 2.75) is 18.1 Å². The summed E-state index contributed by atoms with van der Waals surface area (Å²) in [4.78, 5) is 38.4. The van der Waals surface area contributed by atoms with Crippen LogP contribution in [-0.4, -0.2) is 54.7 Å². The van der Waals surface area contributed by atoms with Gasteiger partial charge in [0.05, 0.1) is 17.2 Å². The number of hydrogen-bond acceptors (Lipinski definition) is 8. The molecule has 0 aliphatic heterocycles. The molecule has 7 N–H and O–H groups in total. The van der Waals surface area contributed by atoms with E-state index in [1.807, 2.05) is 0 Å². The number of benzene rings is 2. The van der Waals surface area contributed by atoms with Gasteiger partial charge in [0, 0.05) is 24.3 Å². The van der Waals surface area contributed by atoms with E-state index < -0.39 is 87.5 Å². The van der Waals surface area contributed by atoms with Crippen LogP contribution in [0.5, 0.6) is 5.75 Å². The van der Waals surface area contributed by atoms with E-state index >= 15 is 0 Å². The van der Waals surface area contributed by atoms with Gasteiger partial charge >= 0.3 is 0 Å². The fraction of sp³-hybridized carbons (Fsp3) is 0.192. The summed E-state index contributed by atoms with van der Waals surface area (Å²) in [6, 6.07) is 6.55. The van der Waals surface area contributed by atoms with Crippen LogP contribution in [0.4, 0.5) is 8.78 Å². The van der Waals surface area contributed by atoms with E-state index in [4.69, 9.17) is 5.73 Å². The quantitative estimate of drug-likeness (QED) is 0.331. The lowest BCUT2D eigenvalue weighted by Crippen LogP contribution is -2.62. The molecule has 11 heteroatoms. The monoisotopic (exact) mass is 511 g/mol. The van der Waals surface area contributed by atoms with E-state index in [-0.39, 0.29) is 22.3 Å². The van der Waals surface area contributed by atoms with Crippen molar-refractivity contribution in [2.24, 2.45) is 17.6 Å². The van der Waals surface area contributed by atoms with Gasteiger partial charge in [-0.3, -0.25) is 14.4 Å². The first-order valence-corrected chi connectivity index (χ1v) is 11.0. The SMILES string of the molecule is NC(=O)C1=C(O)C[C@@H]2[C@@H](O)[C@H]3C(=C(O)[C@]2(O)C1=O)C(=O)c1c(O)cccc1/C3=C\c1cc(F)cc(F)c1. The third-order valence-corrected chi connectivity index (χ3v) is 7.11. The second-order valence-electron chi connectivity index (χ2n) is 9.15. The van der Waals surface area contributed by atoms with Crippen LogP contribution in [0, 0.1) is 23.5 Å². The van der Waals surface area contributed by atoms with Crippen molar-refractivity contribution < 1.29 is 48.7 Å². The van der Waals surface area contributed by atoms with Crippen molar-refractivity contribution in [2.75, 3.05) is 0 Å². The van der Waals surface area contributed by atoms with Gasteiger partial charge < -0.3 is 31.3 Å². The minimum atomic E-state index is -3.00. The Bertz CT molecular complexity index is 1500.